The summed E-state index contributed by atoms with van der Waals surface area (Å²) in [6.45, 7) is 2.12. The van der Waals surface area contributed by atoms with Gasteiger partial charge in [-0.1, -0.05) is 12.1 Å². The second kappa shape index (κ2) is 13.3. The summed E-state index contributed by atoms with van der Waals surface area (Å²) in [6, 6.07) is 29.3. The van der Waals surface area contributed by atoms with Crippen molar-refractivity contribution < 1.29 is 44.6 Å². The molecule has 122 valence electrons. The number of benzene rings is 2. The van der Waals surface area contributed by atoms with Crippen molar-refractivity contribution in [2.45, 2.75) is 13.2 Å². The molecule has 4 aromatic rings. The Hall–Kier alpha value is -0.981. The van der Waals surface area contributed by atoms with Gasteiger partial charge in [-0.3, -0.25) is 0 Å². The predicted octanol–water partition coefficient (Wildman–Crippen LogP) is -0.284. The van der Waals surface area contributed by atoms with E-state index in [4.69, 9.17) is 0 Å². The van der Waals surface area contributed by atoms with E-state index in [2.05, 4.69) is 117 Å². The third kappa shape index (κ3) is 7.28. The van der Waals surface area contributed by atoms with Crippen LogP contribution >= 0.6 is 0 Å². The van der Waals surface area contributed by atoms with Crippen LogP contribution in [0.2, 0.25) is 6.32 Å². The molecule has 0 unspecified atom stereocenters. The molecule has 4 rings (SSSR count). The minimum Gasteiger partial charge on any atom is -1.00 e. The maximum absolute atomic E-state index is 2.12. The Morgan fingerprint density at radius 1 is 0.750 bits per heavy atom. The van der Waals surface area contributed by atoms with Crippen molar-refractivity contribution in [1.29, 1.82) is 0 Å². The third-order valence-corrected chi connectivity index (χ3v) is 3.94. The summed E-state index contributed by atoms with van der Waals surface area (Å²) in [5.74, 6) is 0. The van der Waals surface area contributed by atoms with Gasteiger partial charge >= 0.3 is 38.0 Å². The fourth-order valence-corrected chi connectivity index (χ4v) is 2.14. The van der Waals surface area contributed by atoms with Crippen LogP contribution in [0.4, 0.5) is 0 Å². The first-order valence-electron chi connectivity index (χ1n) is 7.55. The average molecular weight is 389 g/mol. The minimum absolute atomic E-state index is 0. The van der Waals surface area contributed by atoms with E-state index in [-0.39, 0.29) is 24.8 Å². The second-order valence-corrected chi connectivity index (χ2v) is 5.56. The number of halogens is 2. The Balaban J connectivity index is 0.000000341. The molecule has 0 aliphatic heterocycles. The smallest absolute Gasteiger partial charge is 0.0809 e. The standard InChI is InChI=1S/2C9H7.C2H5B.2ClH.Ti/c2*1-2-5-9-7-3-6-8(9)4-1;1-2-3;;;/h2*1-7H;2H2,1H3;2*1H;/q2*-1;;;;+2/p-2. The van der Waals surface area contributed by atoms with E-state index in [1.807, 2.05) is 0 Å². The van der Waals surface area contributed by atoms with Gasteiger partial charge in [-0.15, -0.1) is 59.3 Å². The fraction of sp³-hybridized carbons (Fsp3) is 0.100. The van der Waals surface area contributed by atoms with Crippen LogP contribution in [0, 0.1) is 0 Å². The van der Waals surface area contributed by atoms with Crippen LogP contribution in [0.15, 0.2) is 84.9 Å². The monoisotopic (exact) mass is 388 g/mol. The van der Waals surface area contributed by atoms with Gasteiger partial charge in [-0.25, -0.2) is 0 Å². The Morgan fingerprint density at radius 3 is 1.46 bits per heavy atom. The van der Waals surface area contributed by atoms with Gasteiger partial charge in [0.25, 0.3) is 0 Å². The molecule has 0 amide bonds. The maximum Gasteiger partial charge on any atom is -0.0809 e. The van der Waals surface area contributed by atoms with Crippen LogP contribution in [0.1, 0.15) is 6.92 Å². The van der Waals surface area contributed by atoms with E-state index in [0.29, 0.717) is 0 Å². The summed E-state index contributed by atoms with van der Waals surface area (Å²) in [5.41, 5.74) is 0. The number of rotatable bonds is 1. The first kappa shape index (κ1) is 23.0. The Kier molecular flexibility index (Phi) is 12.8. The van der Waals surface area contributed by atoms with Crippen molar-refractivity contribution in [3.05, 3.63) is 84.9 Å². The molecule has 4 heteroatoms. The predicted molar refractivity (Wildman–Crippen MR) is 95.3 cm³/mol. The molecule has 0 bridgehead atoms. The van der Waals surface area contributed by atoms with Crippen molar-refractivity contribution in [3.8, 4) is 0 Å². The van der Waals surface area contributed by atoms with Gasteiger partial charge in [0.15, 0.2) is 0 Å². The van der Waals surface area contributed by atoms with Crippen LogP contribution in [0.25, 0.3) is 21.5 Å². The van der Waals surface area contributed by atoms with Crippen LogP contribution in [-0.4, -0.2) is 5.02 Å². The van der Waals surface area contributed by atoms with Crippen molar-refractivity contribution in [2.24, 2.45) is 0 Å². The van der Waals surface area contributed by atoms with Crippen molar-refractivity contribution in [1.82, 2.24) is 0 Å². The topological polar surface area (TPSA) is 0 Å². The third-order valence-electron chi connectivity index (χ3n) is 3.30. The molecule has 0 N–H and O–H groups in total. The van der Waals surface area contributed by atoms with Gasteiger partial charge < -0.3 is 24.8 Å². The van der Waals surface area contributed by atoms with E-state index in [1.165, 1.54) is 27.9 Å². The summed E-state index contributed by atoms with van der Waals surface area (Å²) >= 11 is 2.06. The van der Waals surface area contributed by atoms with Crippen LogP contribution in [0.3, 0.4) is 0 Å². The quantitative estimate of drug-likeness (QED) is 0.311. The van der Waals surface area contributed by atoms with Crippen molar-refractivity contribution in [3.63, 3.8) is 0 Å². The van der Waals surface area contributed by atoms with Crippen LogP contribution in [-0.2, 0) is 19.8 Å². The molecular weight excluding hydrogens is 370 g/mol. The number of fused-ring (bicyclic) bond motifs is 2. The molecule has 0 heterocycles. The summed E-state index contributed by atoms with van der Waals surface area (Å²) in [5, 5.41) is 7.45. The minimum atomic E-state index is 0. The zero-order valence-electron chi connectivity index (χ0n) is 13.6. The van der Waals surface area contributed by atoms with Crippen molar-refractivity contribution in [2.75, 3.05) is 0 Å². The van der Waals surface area contributed by atoms with E-state index in [1.54, 1.807) is 0 Å². The second-order valence-electron chi connectivity index (χ2n) is 4.92. The molecule has 0 saturated heterocycles. The molecule has 0 nitrogen and oxygen atoms in total. The normalized spacial score (nSPS) is 8.62. The molecule has 0 aromatic heterocycles. The van der Waals surface area contributed by atoms with Gasteiger partial charge in [0.2, 0.25) is 0 Å². The van der Waals surface area contributed by atoms with Gasteiger partial charge in [-0.05, 0) is 0 Å². The molecule has 0 radical (unpaired) electrons. The number of hydrogen-bond donors (Lipinski definition) is 0. The Bertz CT molecular complexity index is 694. The van der Waals surface area contributed by atoms with Gasteiger partial charge in [-0.2, -0.15) is 35.0 Å². The van der Waals surface area contributed by atoms with Gasteiger partial charge in [0, 0.05) is 0 Å². The molecule has 0 atom stereocenters. The SMILES string of the molecule is CC[B]=[Ti+2].[Cl-].[Cl-].c1ccc2[cH-]ccc2c1.c1ccc2[cH-]ccc2c1. The molecule has 0 spiro atoms. The van der Waals surface area contributed by atoms with E-state index in [9.17, 15) is 0 Å². The van der Waals surface area contributed by atoms with E-state index < -0.39 is 0 Å². The summed E-state index contributed by atoms with van der Waals surface area (Å²) in [7, 11) is 0. The Morgan fingerprint density at radius 2 is 1.12 bits per heavy atom. The molecule has 4 aromatic carbocycles. The summed E-state index contributed by atoms with van der Waals surface area (Å²) in [6.07, 6.45) is 1.19. The summed E-state index contributed by atoms with van der Waals surface area (Å²) < 4.78 is 0. The van der Waals surface area contributed by atoms with Crippen LogP contribution < -0.4 is 24.8 Å². The fourth-order valence-electron chi connectivity index (χ4n) is 2.14. The molecule has 0 fully saturated rings. The first-order valence-corrected chi connectivity index (χ1v) is 8.45. The first-order chi connectivity index (χ1) is 10.8. The molecule has 0 aliphatic carbocycles. The maximum atomic E-state index is 2.12. The average Bonchev–Trinajstić information content (AvgIpc) is 3.24. The van der Waals surface area contributed by atoms with E-state index >= 15 is 0 Å². The largest absolute Gasteiger partial charge is 1.00 e. The molecular formula is C20H19BCl2Ti-2. The molecule has 0 aliphatic rings. The Labute approximate surface area is 168 Å². The molecule has 24 heavy (non-hydrogen) atoms. The summed E-state index contributed by atoms with van der Waals surface area (Å²) in [4.78, 5) is 0. The zero-order valence-corrected chi connectivity index (χ0v) is 16.7. The van der Waals surface area contributed by atoms with Crippen molar-refractivity contribution >= 4 is 26.6 Å². The zero-order chi connectivity index (χ0) is 15.6. The van der Waals surface area contributed by atoms with E-state index in [0.717, 1.165) is 0 Å². The molecule has 0 saturated carbocycles. The van der Waals surface area contributed by atoms with Gasteiger partial charge in [0.05, 0.1) is 0 Å². The number of hydrogen-bond acceptors (Lipinski definition) is 0. The van der Waals surface area contributed by atoms with Gasteiger partial charge in [0.1, 0.15) is 0 Å². The van der Waals surface area contributed by atoms with Crippen LogP contribution in [0.5, 0.6) is 0 Å².